The van der Waals surface area contributed by atoms with E-state index < -0.39 is 17.8 Å². The van der Waals surface area contributed by atoms with Crippen LogP contribution < -0.4 is 5.32 Å². The third-order valence-electron chi connectivity index (χ3n) is 3.86. The molecule has 1 N–H and O–H groups in total. The van der Waals surface area contributed by atoms with Crippen molar-refractivity contribution in [3.05, 3.63) is 35.4 Å². The van der Waals surface area contributed by atoms with E-state index in [1.54, 1.807) is 12.1 Å². The molecule has 134 valence electrons. The first-order valence-electron chi connectivity index (χ1n) is 8.39. The molecular formula is C18H22N2O5. The second kappa shape index (κ2) is 8.96. The van der Waals surface area contributed by atoms with Crippen molar-refractivity contribution in [2.24, 2.45) is 0 Å². The molecule has 0 aliphatic carbocycles. The molecule has 0 aromatic heterocycles. The molecule has 3 amide bonds. The number of nitrogens with zero attached hydrogens (tertiary/aromatic N) is 1. The molecule has 1 aliphatic heterocycles. The fourth-order valence-electron chi connectivity index (χ4n) is 2.39. The number of hydroxylamine groups is 2. The van der Waals surface area contributed by atoms with Crippen LogP contribution in [0.3, 0.4) is 0 Å². The molecule has 0 radical (unpaired) electrons. The molecule has 0 bridgehead atoms. The molecule has 2 rings (SSSR count). The maximum atomic E-state index is 11.9. The van der Waals surface area contributed by atoms with Crippen molar-refractivity contribution in [3.63, 3.8) is 0 Å². The lowest BCUT2D eigenvalue weighted by Crippen LogP contribution is -2.31. The molecule has 7 nitrogen and oxygen atoms in total. The van der Waals surface area contributed by atoms with Crippen molar-refractivity contribution < 1.29 is 24.0 Å². The van der Waals surface area contributed by atoms with Gasteiger partial charge in [0.1, 0.15) is 0 Å². The number of amides is 3. The third kappa shape index (κ3) is 5.70. The fourth-order valence-corrected chi connectivity index (χ4v) is 2.39. The van der Waals surface area contributed by atoms with Crippen LogP contribution in [0.25, 0.3) is 0 Å². The van der Waals surface area contributed by atoms with Crippen LogP contribution in [-0.2, 0) is 19.2 Å². The summed E-state index contributed by atoms with van der Waals surface area (Å²) in [6.45, 7) is 2.48. The number of aryl methyl sites for hydroxylation is 1. The van der Waals surface area contributed by atoms with Gasteiger partial charge in [-0.05, 0) is 31.9 Å². The first kappa shape index (κ1) is 18.6. The lowest BCUT2D eigenvalue weighted by atomic mass is 10.1. The number of unbranched alkanes of at least 4 members (excludes halogenated alkanes) is 2. The van der Waals surface area contributed by atoms with E-state index in [-0.39, 0.29) is 25.2 Å². The number of hydrogen-bond donors (Lipinski definition) is 1. The molecule has 7 heteroatoms. The summed E-state index contributed by atoms with van der Waals surface area (Å²) >= 11 is 0. The van der Waals surface area contributed by atoms with Crippen molar-refractivity contribution in [1.29, 1.82) is 0 Å². The summed E-state index contributed by atoms with van der Waals surface area (Å²) in [5.74, 6) is -1.66. The highest BCUT2D eigenvalue weighted by Crippen LogP contribution is 2.13. The Hall–Kier alpha value is -2.70. The standard InChI is InChI=1S/C18H22N2O5/c1-13-6-8-14(9-7-13)18(24)19-12-4-2-3-5-17(23)25-20-15(21)10-11-16(20)22/h6-9H,2-5,10-12H2,1H3,(H,19,24). The van der Waals surface area contributed by atoms with Gasteiger partial charge < -0.3 is 10.2 Å². The van der Waals surface area contributed by atoms with E-state index in [9.17, 15) is 19.2 Å². The number of nitrogens with one attached hydrogen (secondary N) is 1. The first-order chi connectivity index (χ1) is 12.0. The monoisotopic (exact) mass is 346 g/mol. The van der Waals surface area contributed by atoms with Gasteiger partial charge in [0, 0.05) is 31.4 Å². The summed E-state index contributed by atoms with van der Waals surface area (Å²) in [6.07, 6.45) is 2.33. The predicted octanol–water partition coefficient (Wildman–Crippen LogP) is 1.89. The summed E-state index contributed by atoms with van der Waals surface area (Å²) < 4.78 is 0. The van der Waals surface area contributed by atoms with Crippen molar-refractivity contribution in [3.8, 4) is 0 Å². The molecular weight excluding hydrogens is 324 g/mol. The number of carbonyl (C=O) groups excluding carboxylic acids is 4. The highest BCUT2D eigenvalue weighted by atomic mass is 16.7. The summed E-state index contributed by atoms with van der Waals surface area (Å²) in [4.78, 5) is 50.9. The molecule has 1 aromatic rings. The fraction of sp³-hybridized carbons (Fsp3) is 0.444. The Kier molecular flexibility index (Phi) is 6.68. The molecule has 0 spiro atoms. The number of rotatable bonds is 8. The molecule has 1 heterocycles. The zero-order valence-electron chi connectivity index (χ0n) is 14.2. The molecule has 1 saturated heterocycles. The lowest BCUT2D eigenvalue weighted by Gasteiger charge is -2.12. The second-order valence-corrected chi connectivity index (χ2v) is 5.98. The summed E-state index contributed by atoms with van der Waals surface area (Å²) in [6, 6.07) is 7.33. The van der Waals surface area contributed by atoms with Gasteiger partial charge in [0.25, 0.3) is 17.7 Å². The summed E-state index contributed by atoms with van der Waals surface area (Å²) in [5.41, 5.74) is 1.72. The Balaban J connectivity index is 1.56. The number of benzene rings is 1. The second-order valence-electron chi connectivity index (χ2n) is 5.98. The van der Waals surface area contributed by atoms with E-state index in [1.807, 2.05) is 19.1 Å². The Morgan fingerprint density at radius 2 is 1.68 bits per heavy atom. The van der Waals surface area contributed by atoms with Gasteiger partial charge in [0.15, 0.2) is 0 Å². The van der Waals surface area contributed by atoms with E-state index in [4.69, 9.17) is 4.84 Å². The molecule has 25 heavy (non-hydrogen) atoms. The molecule has 0 atom stereocenters. The third-order valence-corrected chi connectivity index (χ3v) is 3.86. The van der Waals surface area contributed by atoms with Gasteiger partial charge in [-0.3, -0.25) is 14.4 Å². The number of imide groups is 1. The maximum absolute atomic E-state index is 11.9. The van der Waals surface area contributed by atoms with E-state index >= 15 is 0 Å². The van der Waals surface area contributed by atoms with Gasteiger partial charge in [-0.1, -0.05) is 24.1 Å². The summed E-state index contributed by atoms with van der Waals surface area (Å²) in [7, 11) is 0. The lowest BCUT2D eigenvalue weighted by molar-refractivity contribution is -0.197. The molecule has 1 aromatic carbocycles. The van der Waals surface area contributed by atoms with Crippen LogP contribution in [0.15, 0.2) is 24.3 Å². The van der Waals surface area contributed by atoms with Crippen LogP contribution in [0.1, 0.15) is 54.4 Å². The van der Waals surface area contributed by atoms with Gasteiger partial charge in [-0.2, -0.15) is 0 Å². The van der Waals surface area contributed by atoms with Crippen LogP contribution in [0.5, 0.6) is 0 Å². The minimum Gasteiger partial charge on any atom is -0.352 e. The SMILES string of the molecule is Cc1ccc(C(=O)NCCCCCC(=O)ON2C(=O)CCC2=O)cc1. The molecule has 1 aliphatic rings. The first-order valence-corrected chi connectivity index (χ1v) is 8.39. The number of carbonyl (C=O) groups is 4. The van der Waals surface area contributed by atoms with Gasteiger partial charge in [0.05, 0.1) is 0 Å². The zero-order chi connectivity index (χ0) is 18.2. The van der Waals surface area contributed by atoms with Crippen LogP contribution >= 0.6 is 0 Å². The number of hydrogen-bond acceptors (Lipinski definition) is 5. The molecule has 1 fully saturated rings. The smallest absolute Gasteiger partial charge is 0.333 e. The van der Waals surface area contributed by atoms with Crippen molar-refractivity contribution in [1.82, 2.24) is 10.4 Å². The highest BCUT2D eigenvalue weighted by molar-refractivity contribution is 6.01. The van der Waals surface area contributed by atoms with Gasteiger partial charge in [0.2, 0.25) is 0 Å². The van der Waals surface area contributed by atoms with Crippen LogP contribution in [0.4, 0.5) is 0 Å². The topological polar surface area (TPSA) is 92.8 Å². The van der Waals surface area contributed by atoms with Crippen LogP contribution in [0, 0.1) is 6.92 Å². The molecule has 0 unspecified atom stereocenters. The summed E-state index contributed by atoms with van der Waals surface area (Å²) in [5, 5.41) is 3.38. The normalized spacial score (nSPS) is 13.9. The van der Waals surface area contributed by atoms with Crippen molar-refractivity contribution in [2.45, 2.75) is 45.4 Å². The largest absolute Gasteiger partial charge is 0.352 e. The van der Waals surface area contributed by atoms with Gasteiger partial charge in [-0.15, -0.1) is 5.06 Å². The predicted molar refractivity (Wildman–Crippen MR) is 89.2 cm³/mol. The highest BCUT2D eigenvalue weighted by Gasteiger charge is 2.32. The Bertz CT molecular complexity index is 638. The Labute approximate surface area is 146 Å². The van der Waals surface area contributed by atoms with Crippen LogP contribution in [-0.4, -0.2) is 35.3 Å². The Morgan fingerprint density at radius 3 is 2.32 bits per heavy atom. The minimum absolute atomic E-state index is 0.0901. The van der Waals surface area contributed by atoms with E-state index in [1.165, 1.54) is 0 Å². The zero-order valence-corrected chi connectivity index (χ0v) is 14.2. The molecule has 0 saturated carbocycles. The average Bonchev–Trinajstić information content (AvgIpc) is 2.90. The Morgan fingerprint density at radius 1 is 1.04 bits per heavy atom. The van der Waals surface area contributed by atoms with E-state index in [0.717, 1.165) is 18.4 Å². The average molecular weight is 346 g/mol. The van der Waals surface area contributed by atoms with E-state index in [2.05, 4.69) is 5.32 Å². The van der Waals surface area contributed by atoms with Crippen LogP contribution in [0.2, 0.25) is 0 Å². The maximum Gasteiger partial charge on any atom is 0.333 e. The van der Waals surface area contributed by atoms with Crippen molar-refractivity contribution >= 4 is 23.7 Å². The van der Waals surface area contributed by atoms with Gasteiger partial charge in [-0.25, -0.2) is 4.79 Å². The minimum atomic E-state index is -0.590. The van der Waals surface area contributed by atoms with Gasteiger partial charge >= 0.3 is 5.97 Å². The quantitative estimate of drug-likeness (QED) is 0.573. The van der Waals surface area contributed by atoms with E-state index in [0.29, 0.717) is 23.6 Å². The van der Waals surface area contributed by atoms with Crippen molar-refractivity contribution in [2.75, 3.05) is 6.54 Å².